The van der Waals surface area contributed by atoms with Crippen molar-refractivity contribution in [3.05, 3.63) is 0 Å². The summed E-state index contributed by atoms with van der Waals surface area (Å²) in [7, 11) is 0. The van der Waals surface area contributed by atoms with E-state index in [1.165, 1.54) is 244 Å². The Bertz CT molecular complexity index is 2390. The Morgan fingerprint density at radius 1 is 0.385 bits per heavy atom. The van der Waals surface area contributed by atoms with Gasteiger partial charge in [-0.3, -0.25) is 9.59 Å². The van der Waals surface area contributed by atoms with Gasteiger partial charge in [0.05, 0.1) is 22.9 Å². The molecule has 6 unspecified atom stereocenters. The van der Waals surface area contributed by atoms with Crippen LogP contribution in [0.15, 0.2) is 0 Å². The molecule has 10 aliphatic carbocycles. The van der Waals surface area contributed by atoms with E-state index in [1.807, 2.05) is 0 Å². The van der Waals surface area contributed by atoms with Gasteiger partial charge in [-0.15, -0.1) is 24.7 Å². The second kappa shape index (κ2) is 40.7. The van der Waals surface area contributed by atoms with Gasteiger partial charge in [0.2, 0.25) is 11.8 Å². The third kappa shape index (κ3) is 26.4. The summed E-state index contributed by atoms with van der Waals surface area (Å²) in [5.74, 6) is 40.8. The van der Waals surface area contributed by atoms with Crippen LogP contribution in [0, 0.1) is 187 Å². The number of halogens is 3. The van der Waals surface area contributed by atoms with Crippen molar-refractivity contribution < 1.29 is 22.4 Å². The van der Waals surface area contributed by atoms with Gasteiger partial charge in [0.25, 0.3) is 0 Å². The van der Waals surface area contributed by atoms with E-state index in [-0.39, 0.29) is 22.6 Å². The summed E-state index contributed by atoms with van der Waals surface area (Å²) in [6.07, 6.45) is 66.1. The number of hydrogen-bond donors (Lipinski definition) is 0. The normalized spacial score (nSPS) is 41.5. The predicted molar refractivity (Wildman–Crippen MR) is 410 cm³/mol. The van der Waals surface area contributed by atoms with Crippen molar-refractivity contribution in [3.63, 3.8) is 0 Å². The average molecular weight is 1630 g/mol. The Balaban J connectivity index is 0.000000192. The molecule has 11 aliphatic rings. The molecule has 1 saturated heterocycles. The molecule has 10 saturated carbocycles. The summed E-state index contributed by atoms with van der Waals surface area (Å²) >= 11 is 9.78. The molecule has 11 rings (SSSR count). The maximum atomic E-state index is 10.5. The molecule has 2 amide bonds. The number of hydrogen-bond acceptors (Lipinski definition) is 2. The molecule has 0 bridgehead atoms. The van der Waals surface area contributed by atoms with E-state index in [0.717, 1.165) is 104 Å². The Hall–Kier alpha value is -0.351. The minimum atomic E-state index is -0.0735. The molecule has 0 aromatic carbocycles. The molecule has 0 spiro atoms. The fourth-order valence-electron chi connectivity index (χ4n) is 19.4. The first-order chi connectivity index (χ1) is 43.6. The molecule has 1 heterocycles. The topological polar surface area (TPSA) is 37.4 Å². The van der Waals surface area contributed by atoms with E-state index < -0.39 is 0 Å². The van der Waals surface area contributed by atoms with E-state index in [2.05, 4.69) is 150 Å². The van der Waals surface area contributed by atoms with Crippen molar-refractivity contribution in [3.8, 4) is 58.2 Å². The molecule has 0 aromatic rings. The molecule has 6 atom stereocenters. The van der Waals surface area contributed by atoms with Crippen LogP contribution in [0.25, 0.3) is 0 Å². The standard InChI is InChI=1S/C32H50.C16H25I.2C16H26.C4H4INO2.Cu.HI/c1-24-8-13-27(14-9-24)29-18-21-32(4,22-19-29)20-6-5-7-30-23-31(17-12-26(30)3)28-15-10-25(2)11-16-28;1-13-3-5-14(6-4-13)15-7-9-16(2,10-8-15)11-12-17;1-4-14-11-16(10-7-13(14)3)15-8-5-12(2)6-9-15;1-4-16(3)11-9-15(10-12-16)14-7-5-13(2)6-8-14;5-6-3(7)1-2-4(6)8;;/h24-31H,8-19,21-23H2,1-4H3;13-15H,3-10H2,1-2H3;1,12-16H,5-11H2,2-3H3;1,13-15H,5-12H2,2-3H3;1-2H2;;1H/q;;;;;+1;/p-1. The fraction of sp³-hybridized carbons (Fsp3) is 0.857. The van der Waals surface area contributed by atoms with Crippen LogP contribution in [0.1, 0.15) is 326 Å². The van der Waals surface area contributed by atoms with Gasteiger partial charge in [-0.2, -0.15) is 0 Å². The molecule has 0 N–H and O–H groups in total. The summed E-state index contributed by atoms with van der Waals surface area (Å²) in [6, 6.07) is 0. The van der Waals surface area contributed by atoms with Crippen LogP contribution >= 0.6 is 65.8 Å². The van der Waals surface area contributed by atoms with Crippen LogP contribution in [0.5, 0.6) is 0 Å². The van der Waals surface area contributed by atoms with E-state index in [9.17, 15) is 9.59 Å². The van der Waals surface area contributed by atoms with Crippen LogP contribution in [-0.4, -0.2) is 14.9 Å². The quantitative estimate of drug-likeness (QED) is 0.0904. The molecule has 0 radical (unpaired) electrons. The van der Waals surface area contributed by atoms with Crippen molar-refractivity contribution in [1.29, 1.82) is 0 Å². The van der Waals surface area contributed by atoms with E-state index >= 15 is 0 Å². The van der Waals surface area contributed by atoms with Gasteiger partial charge in [-0.05, 0) is 317 Å². The Morgan fingerprint density at radius 2 is 0.659 bits per heavy atom. The Labute approximate surface area is 610 Å². The number of amides is 2. The second-order valence-corrected chi connectivity index (χ2v) is 35.7. The number of nitrogens with zero attached hydrogens (tertiary/aromatic N) is 1. The molecule has 0 aromatic heterocycles. The van der Waals surface area contributed by atoms with E-state index in [1.54, 1.807) is 43.2 Å². The zero-order valence-corrected chi connectivity index (χ0v) is 67.0. The number of carbonyl (C=O) groups is 2. The fourth-order valence-corrected chi connectivity index (χ4v) is 20.5. The number of terminal acetylenes is 2. The summed E-state index contributed by atoms with van der Waals surface area (Å²) in [6.45, 7) is 23.9. The summed E-state index contributed by atoms with van der Waals surface area (Å²) in [5.41, 5.74) is 0.769. The van der Waals surface area contributed by atoms with Gasteiger partial charge in [0, 0.05) is 63.5 Å². The minimum absolute atomic E-state index is 0.0735. The predicted octanol–water partition coefficient (Wildman–Crippen LogP) is 24.8. The Kier molecular flexibility index (Phi) is 35.6. The number of carbonyl (C=O) groups excluding carboxylic acids is 2. The molecular weight excluding hydrogens is 1500 g/mol. The number of imide groups is 1. The van der Waals surface area contributed by atoms with E-state index in [0.29, 0.717) is 30.1 Å². The SMILES string of the molecule is C#CC1(C)CCC(C2CCC(C)CC2)CC1.C#CC1CC(C2CCC(C)CC2)CCC1C.CC1CCC(C2CCC(C)(C#CC#CC3CC(C4CCC(C)CC4)CCC3C)CC2)CC1.CC1CCC(C2CCC(C)(C#CI)CC2)CC1.O=C1CCC(=O)N1I.[Cu][I]. The van der Waals surface area contributed by atoms with Crippen molar-refractivity contribution in [2.75, 3.05) is 0 Å². The van der Waals surface area contributed by atoms with Crippen molar-refractivity contribution in [1.82, 2.24) is 3.11 Å². The van der Waals surface area contributed by atoms with Crippen LogP contribution in [0.4, 0.5) is 0 Å². The molecule has 3 nitrogen and oxygen atoms in total. The van der Waals surface area contributed by atoms with Crippen LogP contribution in [-0.2, 0) is 22.4 Å². The summed E-state index contributed by atoms with van der Waals surface area (Å²) in [4.78, 5) is 21.0. The molecule has 91 heavy (non-hydrogen) atoms. The van der Waals surface area contributed by atoms with Gasteiger partial charge >= 0.3 is 33.1 Å². The third-order valence-electron chi connectivity index (χ3n) is 27.1. The van der Waals surface area contributed by atoms with E-state index in [4.69, 9.17) is 12.8 Å². The monoisotopic (exact) mass is 1630 g/mol. The average Bonchev–Trinajstić information content (AvgIpc) is 2.75. The van der Waals surface area contributed by atoms with Gasteiger partial charge in [0.15, 0.2) is 0 Å². The molecule has 11 fully saturated rings. The number of rotatable bonds is 5. The zero-order valence-electron chi connectivity index (χ0n) is 59.6. The van der Waals surface area contributed by atoms with Crippen molar-refractivity contribution in [2.24, 2.45) is 129 Å². The van der Waals surface area contributed by atoms with Gasteiger partial charge in [-0.25, -0.2) is 3.11 Å². The first kappa shape index (κ1) is 79.6. The molecule has 7 heteroatoms. The molecule has 1 aliphatic heterocycles. The maximum absolute atomic E-state index is 10.5. The third-order valence-corrected chi connectivity index (χ3v) is 28.4. The Morgan fingerprint density at radius 3 is 0.956 bits per heavy atom. The van der Waals surface area contributed by atoms with Crippen molar-refractivity contribution >= 4 is 77.6 Å². The van der Waals surface area contributed by atoms with Crippen LogP contribution in [0.2, 0.25) is 0 Å². The molecule has 516 valence electrons. The van der Waals surface area contributed by atoms with Crippen LogP contribution < -0.4 is 0 Å². The van der Waals surface area contributed by atoms with Gasteiger partial charge < -0.3 is 0 Å². The van der Waals surface area contributed by atoms with Gasteiger partial charge in [-0.1, -0.05) is 130 Å². The first-order valence-corrected chi connectivity index (χ1v) is 43.4. The first-order valence-electron chi connectivity index (χ1n) is 38.3. The summed E-state index contributed by atoms with van der Waals surface area (Å²) < 4.78 is 4.23. The zero-order chi connectivity index (χ0) is 66.1. The van der Waals surface area contributed by atoms with Crippen molar-refractivity contribution in [2.45, 2.75) is 326 Å². The van der Waals surface area contributed by atoms with Crippen LogP contribution in [0.3, 0.4) is 0 Å². The van der Waals surface area contributed by atoms with Gasteiger partial charge in [0.1, 0.15) is 0 Å². The second-order valence-electron chi connectivity index (χ2n) is 34.2. The summed E-state index contributed by atoms with van der Waals surface area (Å²) in [5, 5.41) is 0. The molecular formula is C84H131CuI3NO2.